The molecule has 0 saturated heterocycles. The number of anilines is 1. The molecular weight excluding hydrogens is 356 g/mol. The summed E-state index contributed by atoms with van der Waals surface area (Å²) in [6.45, 7) is 3.77. The maximum Gasteiger partial charge on any atom is 0.276 e. The highest BCUT2D eigenvalue weighted by atomic mass is 16.2. The molecule has 0 unspecified atom stereocenters. The van der Waals surface area contributed by atoms with E-state index in [0.717, 1.165) is 41.5 Å². The van der Waals surface area contributed by atoms with Crippen LogP contribution in [0.15, 0.2) is 35.1 Å². The van der Waals surface area contributed by atoms with Gasteiger partial charge in [0.2, 0.25) is 5.91 Å². The molecule has 1 aliphatic rings. The van der Waals surface area contributed by atoms with Gasteiger partial charge in [0.05, 0.1) is 0 Å². The van der Waals surface area contributed by atoms with Gasteiger partial charge in [0.15, 0.2) is 0 Å². The fraction of sp³-hybridized carbons (Fsp3) is 0.429. The van der Waals surface area contributed by atoms with Crippen LogP contribution in [-0.4, -0.2) is 27.6 Å². The van der Waals surface area contributed by atoms with Crippen LogP contribution in [0.5, 0.6) is 0 Å². The second-order valence-corrected chi connectivity index (χ2v) is 7.37. The van der Waals surface area contributed by atoms with E-state index in [1.807, 2.05) is 32.0 Å². The van der Waals surface area contributed by atoms with Crippen molar-refractivity contribution in [1.82, 2.24) is 15.1 Å². The van der Waals surface area contributed by atoms with Crippen molar-refractivity contribution < 1.29 is 9.59 Å². The van der Waals surface area contributed by atoms with Crippen molar-refractivity contribution in [3.8, 4) is 0 Å². The predicted molar refractivity (Wildman–Crippen MR) is 107 cm³/mol. The van der Waals surface area contributed by atoms with Crippen molar-refractivity contribution >= 4 is 17.5 Å². The van der Waals surface area contributed by atoms with Crippen molar-refractivity contribution in [1.29, 1.82) is 0 Å². The summed E-state index contributed by atoms with van der Waals surface area (Å²) in [5.41, 5.74) is 2.52. The molecule has 7 heteroatoms. The zero-order valence-electron chi connectivity index (χ0n) is 16.3. The lowest BCUT2D eigenvalue weighted by Gasteiger charge is -2.22. The normalized spacial score (nSPS) is 14.5. The van der Waals surface area contributed by atoms with Crippen molar-refractivity contribution in [3.63, 3.8) is 0 Å². The van der Waals surface area contributed by atoms with Crippen LogP contribution in [-0.2, 0) is 11.3 Å². The van der Waals surface area contributed by atoms with Crippen molar-refractivity contribution in [3.05, 3.63) is 57.5 Å². The summed E-state index contributed by atoms with van der Waals surface area (Å²) in [7, 11) is 0. The van der Waals surface area contributed by atoms with Crippen LogP contribution in [0.25, 0.3) is 0 Å². The average Bonchev–Trinajstić information content (AvgIpc) is 2.67. The Bertz CT molecular complexity index is 929. The van der Waals surface area contributed by atoms with Crippen LogP contribution in [0.2, 0.25) is 0 Å². The van der Waals surface area contributed by atoms with E-state index in [4.69, 9.17) is 0 Å². The number of nitrogens with zero attached hydrogens (tertiary/aromatic N) is 2. The van der Waals surface area contributed by atoms with Gasteiger partial charge in [-0.2, -0.15) is 5.10 Å². The molecule has 7 nitrogen and oxygen atoms in total. The van der Waals surface area contributed by atoms with Crippen LogP contribution in [0.4, 0.5) is 5.69 Å². The van der Waals surface area contributed by atoms with Gasteiger partial charge in [-0.1, -0.05) is 25.3 Å². The Morgan fingerprint density at radius 1 is 1.07 bits per heavy atom. The van der Waals surface area contributed by atoms with Crippen molar-refractivity contribution in [2.45, 2.75) is 58.5 Å². The van der Waals surface area contributed by atoms with E-state index in [9.17, 15) is 14.4 Å². The number of nitrogens with one attached hydrogen (secondary N) is 2. The van der Waals surface area contributed by atoms with Crippen molar-refractivity contribution in [2.75, 3.05) is 5.32 Å². The third-order valence-electron chi connectivity index (χ3n) is 5.13. The predicted octanol–water partition coefficient (Wildman–Crippen LogP) is 2.56. The van der Waals surface area contributed by atoms with Gasteiger partial charge in [-0.05, 0) is 56.0 Å². The van der Waals surface area contributed by atoms with Gasteiger partial charge in [-0.15, -0.1) is 0 Å². The molecule has 3 rings (SSSR count). The average molecular weight is 382 g/mol. The van der Waals surface area contributed by atoms with Crippen LogP contribution >= 0.6 is 0 Å². The first-order valence-corrected chi connectivity index (χ1v) is 9.68. The number of hydrogen-bond donors (Lipinski definition) is 2. The quantitative estimate of drug-likeness (QED) is 0.831. The minimum absolute atomic E-state index is 0.0864. The summed E-state index contributed by atoms with van der Waals surface area (Å²) >= 11 is 0. The maximum absolute atomic E-state index is 12.5. The Hall–Kier alpha value is -2.96. The first kappa shape index (κ1) is 19.8. The lowest BCUT2D eigenvalue weighted by atomic mass is 9.95. The highest BCUT2D eigenvalue weighted by Gasteiger charge is 2.17. The lowest BCUT2D eigenvalue weighted by molar-refractivity contribution is -0.122. The van der Waals surface area contributed by atoms with E-state index in [-0.39, 0.29) is 24.2 Å². The molecule has 0 atom stereocenters. The molecule has 2 aromatic rings. The fourth-order valence-corrected chi connectivity index (χ4v) is 3.35. The Balaban J connectivity index is 1.67. The molecule has 1 aromatic heterocycles. The molecule has 1 saturated carbocycles. The van der Waals surface area contributed by atoms with E-state index in [2.05, 4.69) is 15.7 Å². The summed E-state index contributed by atoms with van der Waals surface area (Å²) < 4.78 is 1.04. The van der Waals surface area contributed by atoms with Gasteiger partial charge in [0.25, 0.3) is 11.5 Å². The van der Waals surface area contributed by atoms with Gasteiger partial charge in [-0.25, -0.2) is 4.68 Å². The van der Waals surface area contributed by atoms with Crippen LogP contribution in [0.3, 0.4) is 0 Å². The van der Waals surface area contributed by atoms with E-state index >= 15 is 0 Å². The van der Waals surface area contributed by atoms with Crippen LogP contribution < -0.4 is 16.2 Å². The highest BCUT2D eigenvalue weighted by molar-refractivity contribution is 6.02. The van der Waals surface area contributed by atoms with E-state index in [1.54, 1.807) is 0 Å². The molecule has 1 heterocycles. The van der Waals surface area contributed by atoms with E-state index in [0.29, 0.717) is 5.69 Å². The summed E-state index contributed by atoms with van der Waals surface area (Å²) in [6.07, 6.45) is 5.35. The summed E-state index contributed by atoms with van der Waals surface area (Å²) in [5, 5.41) is 9.80. The molecule has 0 aliphatic heterocycles. The zero-order chi connectivity index (χ0) is 20.1. The topological polar surface area (TPSA) is 93.1 Å². The smallest absolute Gasteiger partial charge is 0.276 e. The number of hydrogen-bond acceptors (Lipinski definition) is 4. The van der Waals surface area contributed by atoms with Gasteiger partial charge in [-0.3, -0.25) is 14.4 Å². The number of aromatic nitrogens is 2. The molecule has 1 fully saturated rings. The molecule has 148 valence electrons. The monoisotopic (exact) mass is 382 g/mol. The lowest BCUT2D eigenvalue weighted by Crippen LogP contribution is -2.40. The summed E-state index contributed by atoms with van der Waals surface area (Å²) in [6, 6.07) is 8.40. The molecule has 0 radical (unpaired) electrons. The number of aryl methyl sites for hydroxylation is 2. The number of carbonyl (C=O) groups is 2. The molecule has 2 N–H and O–H groups in total. The van der Waals surface area contributed by atoms with Gasteiger partial charge in [0.1, 0.15) is 12.2 Å². The van der Waals surface area contributed by atoms with Gasteiger partial charge < -0.3 is 10.6 Å². The molecule has 0 bridgehead atoms. The van der Waals surface area contributed by atoms with Gasteiger partial charge in [0, 0.05) is 17.8 Å². The zero-order valence-corrected chi connectivity index (χ0v) is 16.3. The van der Waals surface area contributed by atoms with Crippen molar-refractivity contribution in [2.24, 2.45) is 0 Å². The summed E-state index contributed by atoms with van der Waals surface area (Å²) in [4.78, 5) is 36.8. The summed E-state index contributed by atoms with van der Waals surface area (Å²) in [5.74, 6) is -0.682. The highest BCUT2D eigenvalue weighted by Crippen LogP contribution is 2.17. The van der Waals surface area contributed by atoms with E-state index < -0.39 is 11.5 Å². The molecule has 0 spiro atoms. The largest absolute Gasteiger partial charge is 0.352 e. The number of rotatable bonds is 5. The standard InChI is InChI=1S/C21H26N4O3/c1-14-8-9-17(12-15(14)2)23-21(28)18-10-11-20(27)25(24-18)13-19(26)22-16-6-4-3-5-7-16/h8-12,16H,3-7,13H2,1-2H3,(H,22,26)(H,23,28). The molecular formula is C21H26N4O3. The van der Waals surface area contributed by atoms with E-state index in [1.165, 1.54) is 18.6 Å². The van der Waals surface area contributed by atoms with Crippen LogP contribution in [0.1, 0.15) is 53.7 Å². The third kappa shape index (κ3) is 5.06. The Morgan fingerprint density at radius 3 is 2.54 bits per heavy atom. The second kappa shape index (κ2) is 8.82. The minimum atomic E-state index is -0.426. The minimum Gasteiger partial charge on any atom is -0.352 e. The SMILES string of the molecule is Cc1ccc(NC(=O)c2ccc(=O)n(CC(=O)NC3CCCCC3)n2)cc1C. The number of carbonyl (C=O) groups excluding carboxylic acids is 2. The molecule has 1 aromatic carbocycles. The fourth-order valence-electron chi connectivity index (χ4n) is 3.35. The first-order chi connectivity index (χ1) is 13.4. The van der Waals surface area contributed by atoms with Crippen LogP contribution in [0, 0.1) is 13.8 Å². The maximum atomic E-state index is 12.5. The number of amides is 2. The number of benzene rings is 1. The Labute approximate surface area is 164 Å². The third-order valence-corrected chi connectivity index (χ3v) is 5.13. The first-order valence-electron chi connectivity index (χ1n) is 9.68. The second-order valence-electron chi connectivity index (χ2n) is 7.37. The molecule has 1 aliphatic carbocycles. The molecule has 28 heavy (non-hydrogen) atoms. The molecule has 2 amide bonds. The Kier molecular flexibility index (Phi) is 6.23. The Morgan fingerprint density at radius 2 is 1.82 bits per heavy atom. The van der Waals surface area contributed by atoms with Gasteiger partial charge >= 0.3 is 0 Å².